The zero-order valence-electron chi connectivity index (χ0n) is 8.07. The first kappa shape index (κ1) is 8.30. The van der Waals surface area contributed by atoms with Crippen LogP contribution in [0.5, 0.6) is 5.75 Å². The zero-order valence-corrected chi connectivity index (χ0v) is 8.07. The summed E-state index contributed by atoms with van der Waals surface area (Å²) in [5.41, 5.74) is 2.25. The second-order valence-electron chi connectivity index (χ2n) is 4.22. The Balaban J connectivity index is 2.00. The summed E-state index contributed by atoms with van der Waals surface area (Å²) in [6.45, 7) is 0.768. The predicted octanol–water partition coefficient (Wildman–Crippen LogP) is 2.06. The van der Waals surface area contributed by atoms with E-state index >= 15 is 0 Å². The number of hydrogen-bond donors (Lipinski definition) is 1. The number of ether oxygens (including phenoxy) is 1. The topological polar surface area (TPSA) is 29.5 Å². The molecule has 1 fully saturated rings. The van der Waals surface area contributed by atoms with Crippen molar-refractivity contribution in [2.45, 2.75) is 25.4 Å². The summed E-state index contributed by atoms with van der Waals surface area (Å²) in [4.78, 5) is 0. The zero-order chi connectivity index (χ0) is 9.54. The lowest BCUT2D eigenvalue weighted by Gasteiger charge is -2.13. The highest BCUT2D eigenvalue weighted by Gasteiger charge is 2.33. The molecule has 1 aromatic carbocycles. The molecular formula is C12H14O2. The van der Waals surface area contributed by atoms with Crippen molar-refractivity contribution < 1.29 is 9.84 Å². The van der Waals surface area contributed by atoms with Crippen molar-refractivity contribution >= 4 is 0 Å². The van der Waals surface area contributed by atoms with Crippen molar-refractivity contribution in [3.05, 3.63) is 29.3 Å². The normalized spacial score (nSPS) is 21.5. The molecule has 74 valence electrons. The molecule has 3 rings (SSSR count). The maximum Gasteiger partial charge on any atom is 0.128 e. The van der Waals surface area contributed by atoms with Gasteiger partial charge in [-0.3, -0.25) is 0 Å². The Kier molecular flexibility index (Phi) is 1.77. The molecule has 0 saturated heterocycles. The maximum absolute atomic E-state index is 10.0. The maximum atomic E-state index is 10.0. The van der Waals surface area contributed by atoms with E-state index in [1.807, 2.05) is 12.1 Å². The van der Waals surface area contributed by atoms with Gasteiger partial charge in [-0.1, -0.05) is 18.2 Å². The quantitative estimate of drug-likeness (QED) is 0.773. The van der Waals surface area contributed by atoms with Crippen LogP contribution in [0.4, 0.5) is 0 Å². The lowest BCUT2D eigenvalue weighted by Crippen LogP contribution is -2.01. The Morgan fingerprint density at radius 2 is 2.21 bits per heavy atom. The average molecular weight is 190 g/mol. The molecule has 1 heterocycles. The Labute approximate surface area is 83.5 Å². The van der Waals surface area contributed by atoms with Crippen LogP contribution in [-0.4, -0.2) is 11.7 Å². The second kappa shape index (κ2) is 2.99. The number of para-hydroxylation sites is 1. The van der Waals surface area contributed by atoms with E-state index in [4.69, 9.17) is 4.74 Å². The Bertz CT molecular complexity index is 355. The van der Waals surface area contributed by atoms with Crippen molar-refractivity contribution in [3.8, 4) is 5.75 Å². The van der Waals surface area contributed by atoms with Crippen LogP contribution >= 0.6 is 0 Å². The highest BCUT2D eigenvalue weighted by atomic mass is 16.5. The molecule has 14 heavy (non-hydrogen) atoms. The minimum absolute atomic E-state index is 0.303. The van der Waals surface area contributed by atoms with Gasteiger partial charge in [-0.15, -0.1) is 0 Å². The molecule has 1 saturated carbocycles. The summed E-state index contributed by atoms with van der Waals surface area (Å²) in [7, 11) is 0. The largest absolute Gasteiger partial charge is 0.493 e. The third kappa shape index (κ3) is 1.22. The molecule has 0 spiro atoms. The summed E-state index contributed by atoms with van der Waals surface area (Å²) in [5.74, 6) is 1.43. The Morgan fingerprint density at radius 1 is 1.36 bits per heavy atom. The fourth-order valence-corrected chi connectivity index (χ4v) is 2.14. The number of aliphatic hydroxyl groups is 1. The molecule has 0 amide bonds. The van der Waals surface area contributed by atoms with Gasteiger partial charge in [0.15, 0.2) is 0 Å². The van der Waals surface area contributed by atoms with Gasteiger partial charge in [-0.05, 0) is 24.3 Å². The lowest BCUT2D eigenvalue weighted by molar-refractivity contribution is 0.149. The van der Waals surface area contributed by atoms with Gasteiger partial charge in [0, 0.05) is 12.0 Å². The minimum Gasteiger partial charge on any atom is -0.493 e. The van der Waals surface area contributed by atoms with Crippen LogP contribution in [-0.2, 0) is 6.42 Å². The number of aliphatic hydroxyl groups excluding tert-OH is 1. The lowest BCUT2D eigenvalue weighted by atomic mass is 10.0. The smallest absolute Gasteiger partial charge is 0.128 e. The van der Waals surface area contributed by atoms with Gasteiger partial charge < -0.3 is 9.84 Å². The fraction of sp³-hybridized carbons (Fsp3) is 0.500. The van der Waals surface area contributed by atoms with Crippen molar-refractivity contribution in [1.82, 2.24) is 0 Å². The third-order valence-electron chi connectivity index (χ3n) is 3.13. The van der Waals surface area contributed by atoms with E-state index in [9.17, 15) is 5.11 Å². The van der Waals surface area contributed by atoms with Gasteiger partial charge in [0.05, 0.1) is 12.7 Å². The first-order chi connectivity index (χ1) is 6.86. The van der Waals surface area contributed by atoms with E-state index < -0.39 is 0 Å². The monoisotopic (exact) mass is 190 g/mol. The van der Waals surface area contributed by atoms with E-state index in [0.29, 0.717) is 5.92 Å². The van der Waals surface area contributed by atoms with Crippen LogP contribution in [0.1, 0.15) is 30.1 Å². The minimum atomic E-state index is -0.303. The summed E-state index contributed by atoms with van der Waals surface area (Å²) < 4.78 is 5.57. The summed E-state index contributed by atoms with van der Waals surface area (Å²) in [6.07, 6.45) is 3.00. The Hall–Kier alpha value is -1.02. The molecule has 2 nitrogen and oxygen atoms in total. The van der Waals surface area contributed by atoms with Crippen molar-refractivity contribution in [3.63, 3.8) is 0 Å². The van der Waals surface area contributed by atoms with Gasteiger partial charge in [0.1, 0.15) is 5.75 Å². The molecule has 1 aliphatic carbocycles. The van der Waals surface area contributed by atoms with Crippen molar-refractivity contribution in [2.75, 3.05) is 6.61 Å². The molecule has 1 N–H and O–H groups in total. The van der Waals surface area contributed by atoms with Gasteiger partial charge in [0.2, 0.25) is 0 Å². The number of fused-ring (bicyclic) bond motifs is 1. The van der Waals surface area contributed by atoms with E-state index in [2.05, 4.69) is 6.07 Å². The molecule has 1 atom stereocenters. The molecule has 1 unspecified atom stereocenters. The molecular weight excluding hydrogens is 176 g/mol. The van der Waals surface area contributed by atoms with Crippen LogP contribution in [0, 0.1) is 5.92 Å². The van der Waals surface area contributed by atoms with Crippen LogP contribution in [0.25, 0.3) is 0 Å². The molecule has 0 bridgehead atoms. The average Bonchev–Trinajstić information content (AvgIpc) is 2.94. The molecule has 0 radical (unpaired) electrons. The summed E-state index contributed by atoms with van der Waals surface area (Å²) >= 11 is 0. The van der Waals surface area contributed by atoms with Gasteiger partial charge in [-0.2, -0.15) is 0 Å². The van der Waals surface area contributed by atoms with Crippen LogP contribution in [0.3, 0.4) is 0 Å². The number of hydrogen-bond acceptors (Lipinski definition) is 2. The van der Waals surface area contributed by atoms with Crippen molar-refractivity contribution in [2.24, 2.45) is 5.92 Å². The summed E-state index contributed by atoms with van der Waals surface area (Å²) in [6, 6.07) is 6.10. The first-order valence-corrected chi connectivity index (χ1v) is 5.29. The highest BCUT2D eigenvalue weighted by Crippen LogP contribution is 2.45. The van der Waals surface area contributed by atoms with Gasteiger partial charge in [0.25, 0.3) is 0 Å². The summed E-state index contributed by atoms with van der Waals surface area (Å²) in [5, 5.41) is 10.0. The van der Waals surface area contributed by atoms with Gasteiger partial charge >= 0.3 is 0 Å². The van der Waals surface area contributed by atoms with E-state index in [1.54, 1.807) is 0 Å². The standard InChI is InChI=1S/C12H14O2/c13-11(8-4-5-8)10-3-1-2-9-6-7-14-12(9)10/h1-3,8,11,13H,4-7H2. The fourth-order valence-electron chi connectivity index (χ4n) is 2.14. The highest BCUT2D eigenvalue weighted by molar-refractivity contribution is 5.45. The molecule has 1 aromatic rings. The molecule has 0 aromatic heterocycles. The second-order valence-corrected chi connectivity index (χ2v) is 4.22. The third-order valence-corrected chi connectivity index (χ3v) is 3.13. The molecule has 2 heteroatoms. The number of benzene rings is 1. The van der Waals surface area contributed by atoms with E-state index in [0.717, 1.165) is 37.2 Å². The van der Waals surface area contributed by atoms with Crippen molar-refractivity contribution in [1.29, 1.82) is 0 Å². The predicted molar refractivity (Wildman–Crippen MR) is 53.3 cm³/mol. The van der Waals surface area contributed by atoms with Crippen LogP contribution < -0.4 is 4.74 Å². The molecule has 1 aliphatic heterocycles. The van der Waals surface area contributed by atoms with Crippen LogP contribution in [0.2, 0.25) is 0 Å². The number of rotatable bonds is 2. The van der Waals surface area contributed by atoms with E-state index in [-0.39, 0.29) is 6.10 Å². The SMILES string of the molecule is OC(c1cccc2c1OCC2)C1CC1. The Morgan fingerprint density at radius 3 is 3.00 bits per heavy atom. The molecule has 2 aliphatic rings. The van der Waals surface area contributed by atoms with Gasteiger partial charge in [-0.25, -0.2) is 0 Å². The van der Waals surface area contributed by atoms with Crippen LogP contribution in [0.15, 0.2) is 18.2 Å². The first-order valence-electron chi connectivity index (χ1n) is 5.29. The van der Waals surface area contributed by atoms with E-state index in [1.165, 1.54) is 5.56 Å².